The molecule has 30 heavy (non-hydrogen) atoms. The van der Waals surface area contributed by atoms with Crippen molar-refractivity contribution in [2.45, 2.75) is 25.3 Å². The summed E-state index contributed by atoms with van der Waals surface area (Å²) in [5.74, 6) is -2.33. The summed E-state index contributed by atoms with van der Waals surface area (Å²) in [4.78, 5) is 48.9. The first-order valence-corrected chi connectivity index (χ1v) is 9.22. The molecule has 0 saturated carbocycles. The zero-order valence-electron chi connectivity index (χ0n) is 16.1. The number of nitrogens with one attached hydrogen (secondary N) is 2. The van der Waals surface area contributed by atoms with Crippen LogP contribution >= 0.6 is 0 Å². The van der Waals surface area contributed by atoms with E-state index in [1.54, 1.807) is 30.3 Å². The number of imide groups is 1. The second-order valence-electron chi connectivity index (χ2n) is 6.81. The third-order valence-electron chi connectivity index (χ3n) is 4.80. The van der Waals surface area contributed by atoms with E-state index >= 15 is 0 Å². The Balaban J connectivity index is 1.81. The average molecular weight is 414 g/mol. The molecule has 0 spiro atoms. The highest BCUT2D eigenvalue weighted by atomic mass is 19.1. The molecule has 1 aliphatic rings. The van der Waals surface area contributed by atoms with Gasteiger partial charge >= 0.3 is 6.03 Å². The second-order valence-corrected chi connectivity index (χ2v) is 6.81. The Bertz CT molecular complexity index is 1010. The van der Waals surface area contributed by atoms with Crippen molar-refractivity contribution in [1.29, 1.82) is 0 Å². The minimum Gasteiger partial charge on any atom is -0.322 e. The number of urea groups is 1. The van der Waals surface area contributed by atoms with Crippen molar-refractivity contribution in [2.24, 2.45) is 0 Å². The Kier molecular flexibility index (Phi) is 5.77. The molecule has 0 aromatic heterocycles. The van der Waals surface area contributed by atoms with Crippen LogP contribution in [0.2, 0.25) is 0 Å². The van der Waals surface area contributed by atoms with Crippen molar-refractivity contribution >= 4 is 29.2 Å². The molecule has 3 rings (SSSR count). The number of carbonyl (C=O) groups excluding carboxylic acids is 3. The minimum atomic E-state index is -1.29. The van der Waals surface area contributed by atoms with Crippen LogP contribution in [-0.2, 0) is 15.1 Å². The number of amides is 4. The number of rotatable bonds is 7. The average Bonchev–Trinajstić information content (AvgIpc) is 2.95. The van der Waals surface area contributed by atoms with Gasteiger partial charge in [0.15, 0.2) is 0 Å². The van der Waals surface area contributed by atoms with Crippen LogP contribution in [0.25, 0.3) is 0 Å². The van der Waals surface area contributed by atoms with Gasteiger partial charge in [-0.3, -0.25) is 24.6 Å². The molecule has 0 unspecified atom stereocenters. The van der Waals surface area contributed by atoms with Crippen molar-refractivity contribution in [1.82, 2.24) is 10.2 Å². The Morgan fingerprint density at radius 3 is 2.57 bits per heavy atom. The van der Waals surface area contributed by atoms with E-state index in [1.807, 2.05) is 6.92 Å². The lowest BCUT2D eigenvalue weighted by Crippen LogP contribution is -2.44. The van der Waals surface area contributed by atoms with Crippen LogP contribution in [-0.4, -0.2) is 34.2 Å². The highest BCUT2D eigenvalue weighted by molar-refractivity contribution is 6.10. The van der Waals surface area contributed by atoms with Gasteiger partial charge in [0.05, 0.1) is 10.6 Å². The maximum Gasteiger partial charge on any atom is 0.325 e. The summed E-state index contributed by atoms with van der Waals surface area (Å²) in [5.41, 5.74) is -1.51. The molecule has 0 bridgehead atoms. The molecule has 1 fully saturated rings. The van der Waals surface area contributed by atoms with Crippen LogP contribution in [0.4, 0.5) is 20.6 Å². The molecule has 0 radical (unpaired) electrons. The van der Waals surface area contributed by atoms with Gasteiger partial charge in [0.25, 0.3) is 11.6 Å². The standard InChI is InChI=1S/C20H19FN4O5/c1-2-10-20(13-6-4-3-5-7-13)18(27)24(19(28)23-20)12-17(26)22-16-11-14(25(29)30)8-9-15(16)21/h3-9,11H,2,10,12H2,1H3,(H,22,26)(H,23,28)/t20-/m1/s1. The van der Waals surface area contributed by atoms with E-state index in [2.05, 4.69) is 10.6 Å². The van der Waals surface area contributed by atoms with Crippen LogP contribution in [0.5, 0.6) is 0 Å². The summed E-state index contributed by atoms with van der Waals surface area (Å²) < 4.78 is 13.9. The van der Waals surface area contributed by atoms with Gasteiger partial charge < -0.3 is 10.6 Å². The number of nitro groups is 1. The molecule has 4 amide bonds. The fourth-order valence-electron chi connectivity index (χ4n) is 3.43. The van der Waals surface area contributed by atoms with Gasteiger partial charge in [-0.2, -0.15) is 0 Å². The molecule has 10 heteroatoms. The summed E-state index contributed by atoms with van der Waals surface area (Å²) in [6.07, 6.45) is 0.930. The van der Waals surface area contributed by atoms with Gasteiger partial charge in [-0.15, -0.1) is 0 Å². The molecule has 1 saturated heterocycles. The predicted octanol–water partition coefficient (Wildman–Crippen LogP) is 2.92. The van der Waals surface area contributed by atoms with Gasteiger partial charge in [0.1, 0.15) is 17.9 Å². The third-order valence-corrected chi connectivity index (χ3v) is 4.80. The van der Waals surface area contributed by atoms with Crippen LogP contribution in [0.1, 0.15) is 25.3 Å². The summed E-state index contributed by atoms with van der Waals surface area (Å²) in [6.45, 7) is 1.20. The summed E-state index contributed by atoms with van der Waals surface area (Å²) in [7, 11) is 0. The number of carbonyl (C=O) groups is 3. The first kappa shape index (κ1) is 20.9. The van der Waals surface area contributed by atoms with Crippen LogP contribution in [0.15, 0.2) is 48.5 Å². The lowest BCUT2D eigenvalue weighted by Gasteiger charge is -2.26. The van der Waals surface area contributed by atoms with Crippen molar-refractivity contribution in [3.05, 3.63) is 70.0 Å². The van der Waals surface area contributed by atoms with E-state index in [4.69, 9.17) is 0 Å². The van der Waals surface area contributed by atoms with Gasteiger partial charge in [0.2, 0.25) is 5.91 Å². The molecule has 1 aliphatic heterocycles. The number of hydrogen-bond acceptors (Lipinski definition) is 5. The number of anilines is 1. The summed E-state index contributed by atoms with van der Waals surface area (Å²) in [5, 5.41) is 15.7. The monoisotopic (exact) mass is 414 g/mol. The molecule has 2 N–H and O–H groups in total. The van der Waals surface area contributed by atoms with Gasteiger partial charge in [-0.25, -0.2) is 9.18 Å². The molecular formula is C20H19FN4O5. The number of benzene rings is 2. The molecule has 0 aliphatic carbocycles. The van der Waals surface area contributed by atoms with E-state index in [0.717, 1.165) is 23.1 Å². The molecular weight excluding hydrogens is 395 g/mol. The molecule has 1 atom stereocenters. The maximum absolute atomic E-state index is 13.9. The summed E-state index contributed by atoms with van der Waals surface area (Å²) >= 11 is 0. The quantitative estimate of drug-likeness (QED) is 0.410. The van der Waals surface area contributed by atoms with Crippen molar-refractivity contribution in [3.63, 3.8) is 0 Å². The zero-order chi connectivity index (χ0) is 21.9. The highest BCUT2D eigenvalue weighted by Crippen LogP contribution is 2.33. The minimum absolute atomic E-state index is 0.333. The Hall–Kier alpha value is -3.82. The smallest absolute Gasteiger partial charge is 0.322 e. The Labute approximate surface area is 171 Å². The predicted molar refractivity (Wildman–Crippen MR) is 105 cm³/mol. The van der Waals surface area contributed by atoms with Crippen molar-refractivity contribution in [3.8, 4) is 0 Å². The fraction of sp³-hybridized carbons (Fsp3) is 0.250. The summed E-state index contributed by atoms with van der Waals surface area (Å²) in [6, 6.07) is 10.6. The largest absolute Gasteiger partial charge is 0.325 e. The van der Waals surface area contributed by atoms with Gasteiger partial charge in [-0.1, -0.05) is 43.7 Å². The lowest BCUT2D eigenvalue weighted by atomic mass is 9.85. The Morgan fingerprint density at radius 1 is 1.23 bits per heavy atom. The van der Waals surface area contributed by atoms with Gasteiger partial charge in [0, 0.05) is 12.1 Å². The third kappa shape index (κ3) is 3.84. The highest BCUT2D eigenvalue weighted by Gasteiger charge is 2.52. The van der Waals surface area contributed by atoms with Crippen LogP contribution < -0.4 is 10.6 Å². The SMILES string of the molecule is CCC[C@]1(c2ccccc2)NC(=O)N(CC(=O)Nc2cc([N+](=O)[O-])ccc2F)C1=O. The van der Waals surface area contributed by atoms with E-state index in [9.17, 15) is 28.9 Å². The number of halogens is 1. The molecule has 9 nitrogen and oxygen atoms in total. The fourth-order valence-corrected chi connectivity index (χ4v) is 3.43. The number of non-ortho nitro benzene ring substituents is 1. The second kappa shape index (κ2) is 8.27. The lowest BCUT2D eigenvalue weighted by molar-refractivity contribution is -0.384. The van der Waals surface area contributed by atoms with E-state index in [-0.39, 0.29) is 0 Å². The number of nitrogens with zero attached hydrogens (tertiary/aromatic N) is 2. The maximum atomic E-state index is 13.9. The topological polar surface area (TPSA) is 122 Å². The van der Waals surface area contributed by atoms with Crippen LogP contribution in [0.3, 0.4) is 0 Å². The van der Waals surface area contributed by atoms with Gasteiger partial charge in [-0.05, 0) is 18.1 Å². The molecule has 2 aromatic carbocycles. The molecule has 2 aromatic rings. The van der Waals surface area contributed by atoms with E-state index in [0.29, 0.717) is 18.4 Å². The van der Waals surface area contributed by atoms with Crippen molar-refractivity contribution < 1.29 is 23.7 Å². The van der Waals surface area contributed by atoms with Crippen molar-refractivity contribution in [2.75, 3.05) is 11.9 Å². The molecule has 1 heterocycles. The van der Waals surface area contributed by atoms with E-state index in [1.165, 1.54) is 0 Å². The number of hydrogen-bond donors (Lipinski definition) is 2. The molecule has 156 valence electrons. The van der Waals surface area contributed by atoms with E-state index < -0.39 is 52.0 Å². The first-order valence-electron chi connectivity index (χ1n) is 9.22. The first-order chi connectivity index (χ1) is 14.3. The zero-order valence-corrected chi connectivity index (χ0v) is 16.1. The Morgan fingerprint density at radius 2 is 1.93 bits per heavy atom. The van der Waals surface area contributed by atoms with Crippen LogP contribution in [0, 0.1) is 15.9 Å². The normalized spacial score (nSPS) is 18.3. The number of nitro benzene ring substituents is 1.